The average Bonchev–Trinajstić information content (AvgIpc) is 3.11. The molecule has 0 bridgehead atoms. The van der Waals surface area contributed by atoms with Gasteiger partial charge in [0.1, 0.15) is 12.1 Å². The normalized spacial score (nSPS) is 25.7. The van der Waals surface area contributed by atoms with Crippen LogP contribution in [0.4, 0.5) is 4.79 Å². The second-order valence-corrected chi connectivity index (χ2v) is 6.45. The molecule has 1 spiro atoms. The summed E-state index contributed by atoms with van der Waals surface area (Å²) in [4.78, 5) is 30.2. The average molecular weight is 305 g/mol. The van der Waals surface area contributed by atoms with Crippen molar-refractivity contribution in [2.24, 2.45) is 0 Å². The van der Waals surface area contributed by atoms with Crippen LogP contribution in [0.25, 0.3) is 0 Å². The van der Waals surface area contributed by atoms with E-state index < -0.39 is 11.6 Å². The van der Waals surface area contributed by atoms with Gasteiger partial charge >= 0.3 is 6.03 Å². The van der Waals surface area contributed by atoms with E-state index in [-0.39, 0.29) is 12.5 Å². The number of piperidine rings is 1. The summed E-state index contributed by atoms with van der Waals surface area (Å²) in [7, 11) is 0. The van der Waals surface area contributed by atoms with E-state index in [1.54, 1.807) is 0 Å². The molecule has 7 nitrogen and oxygen atoms in total. The van der Waals surface area contributed by atoms with Crippen LogP contribution in [0.1, 0.15) is 25.7 Å². The van der Waals surface area contributed by atoms with E-state index in [0.717, 1.165) is 31.1 Å². The van der Waals surface area contributed by atoms with Crippen molar-refractivity contribution in [3.8, 4) is 6.07 Å². The van der Waals surface area contributed by atoms with Crippen molar-refractivity contribution in [3.63, 3.8) is 0 Å². The third kappa shape index (κ3) is 2.81. The van der Waals surface area contributed by atoms with Gasteiger partial charge in [-0.3, -0.25) is 4.79 Å². The zero-order valence-corrected chi connectivity index (χ0v) is 12.9. The molecule has 0 aliphatic carbocycles. The van der Waals surface area contributed by atoms with E-state index in [1.807, 2.05) is 6.07 Å². The molecule has 0 aromatic heterocycles. The minimum Gasteiger partial charge on any atom is -0.323 e. The molecule has 3 amide bonds. The molecule has 3 fully saturated rings. The number of urea groups is 1. The first kappa shape index (κ1) is 15.3. The molecular weight excluding hydrogens is 282 g/mol. The first-order valence-electron chi connectivity index (χ1n) is 8.10. The molecule has 3 rings (SSSR count). The molecule has 3 saturated heterocycles. The molecule has 0 saturated carbocycles. The molecule has 1 N–H and O–H groups in total. The quantitative estimate of drug-likeness (QED) is 0.584. The van der Waals surface area contributed by atoms with E-state index >= 15 is 0 Å². The molecule has 3 heterocycles. The standard InChI is InChI=1S/C15H23N5O2/c16-5-10-20-13(21)15(17-14(20)22)3-8-19(9-4-15)12-11-18-6-1-2-7-18/h1-4,6-12H2,(H,17,22). The predicted molar refractivity (Wildman–Crippen MR) is 79.9 cm³/mol. The van der Waals surface area contributed by atoms with E-state index in [2.05, 4.69) is 15.1 Å². The zero-order chi connectivity index (χ0) is 15.6. The van der Waals surface area contributed by atoms with Crippen molar-refractivity contribution in [2.75, 3.05) is 45.8 Å². The number of likely N-dealkylation sites (tertiary alicyclic amines) is 2. The van der Waals surface area contributed by atoms with Crippen LogP contribution in [0, 0.1) is 11.3 Å². The van der Waals surface area contributed by atoms with Gasteiger partial charge in [0, 0.05) is 26.2 Å². The monoisotopic (exact) mass is 305 g/mol. The van der Waals surface area contributed by atoms with Crippen LogP contribution in [-0.4, -0.2) is 78.0 Å². The Hall–Kier alpha value is -1.65. The Morgan fingerprint density at radius 2 is 1.64 bits per heavy atom. The van der Waals surface area contributed by atoms with Gasteiger partial charge in [-0.25, -0.2) is 9.69 Å². The fourth-order valence-electron chi connectivity index (χ4n) is 3.68. The smallest absolute Gasteiger partial charge is 0.323 e. The molecule has 120 valence electrons. The molecule has 22 heavy (non-hydrogen) atoms. The highest BCUT2D eigenvalue weighted by Crippen LogP contribution is 2.29. The van der Waals surface area contributed by atoms with Gasteiger partial charge in [0.2, 0.25) is 0 Å². The van der Waals surface area contributed by atoms with Gasteiger partial charge in [0.05, 0.1) is 6.07 Å². The van der Waals surface area contributed by atoms with E-state index in [4.69, 9.17) is 5.26 Å². The van der Waals surface area contributed by atoms with Gasteiger partial charge in [-0.2, -0.15) is 5.26 Å². The lowest BCUT2D eigenvalue weighted by Crippen LogP contribution is -2.55. The number of carbonyl (C=O) groups excluding carboxylic acids is 2. The number of rotatable bonds is 4. The molecule has 0 aromatic rings. The Morgan fingerprint density at radius 1 is 1.05 bits per heavy atom. The fourth-order valence-corrected chi connectivity index (χ4v) is 3.68. The molecule has 0 radical (unpaired) electrons. The number of amides is 3. The summed E-state index contributed by atoms with van der Waals surface area (Å²) >= 11 is 0. The minimum absolute atomic E-state index is 0.162. The molecule has 0 atom stereocenters. The highest BCUT2D eigenvalue weighted by molar-refractivity contribution is 6.07. The van der Waals surface area contributed by atoms with Gasteiger partial charge < -0.3 is 15.1 Å². The van der Waals surface area contributed by atoms with Gasteiger partial charge in [-0.15, -0.1) is 0 Å². The van der Waals surface area contributed by atoms with Crippen LogP contribution < -0.4 is 5.32 Å². The van der Waals surface area contributed by atoms with Crippen molar-refractivity contribution in [1.82, 2.24) is 20.0 Å². The number of hydrogen-bond acceptors (Lipinski definition) is 5. The highest BCUT2D eigenvalue weighted by Gasteiger charge is 2.52. The van der Waals surface area contributed by atoms with Crippen LogP contribution in [0.5, 0.6) is 0 Å². The van der Waals surface area contributed by atoms with Crippen LogP contribution in [-0.2, 0) is 4.79 Å². The van der Waals surface area contributed by atoms with Crippen molar-refractivity contribution in [1.29, 1.82) is 5.26 Å². The Bertz CT molecular complexity index is 487. The Kier molecular flexibility index (Phi) is 4.32. The number of nitriles is 1. The summed E-state index contributed by atoms with van der Waals surface area (Å²) in [6.45, 7) is 6.00. The maximum Gasteiger partial charge on any atom is 0.325 e. The molecule has 3 aliphatic rings. The zero-order valence-electron chi connectivity index (χ0n) is 12.9. The summed E-state index contributed by atoms with van der Waals surface area (Å²) in [6.07, 6.45) is 3.88. The lowest BCUT2D eigenvalue weighted by Gasteiger charge is -2.37. The number of imide groups is 1. The summed E-state index contributed by atoms with van der Waals surface area (Å²) in [6, 6.07) is 1.46. The Balaban J connectivity index is 1.51. The lowest BCUT2D eigenvalue weighted by atomic mass is 9.87. The van der Waals surface area contributed by atoms with Crippen LogP contribution >= 0.6 is 0 Å². The lowest BCUT2D eigenvalue weighted by molar-refractivity contribution is -0.132. The van der Waals surface area contributed by atoms with Crippen molar-refractivity contribution < 1.29 is 9.59 Å². The van der Waals surface area contributed by atoms with E-state index in [1.165, 1.54) is 25.9 Å². The van der Waals surface area contributed by atoms with Gasteiger partial charge in [-0.1, -0.05) is 0 Å². The van der Waals surface area contributed by atoms with Crippen LogP contribution in [0.2, 0.25) is 0 Å². The number of nitrogens with zero attached hydrogens (tertiary/aromatic N) is 4. The van der Waals surface area contributed by atoms with E-state index in [0.29, 0.717) is 12.8 Å². The van der Waals surface area contributed by atoms with Crippen LogP contribution in [0.3, 0.4) is 0 Å². The summed E-state index contributed by atoms with van der Waals surface area (Å²) in [5, 5.41) is 11.5. The van der Waals surface area contributed by atoms with Crippen molar-refractivity contribution >= 4 is 11.9 Å². The SMILES string of the molecule is N#CCN1C(=O)NC2(CCN(CCN3CCCC3)CC2)C1=O. The largest absolute Gasteiger partial charge is 0.325 e. The van der Waals surface area contributed by atoms with Gasteiger partial charge in [0.15, 0.2) is 0 Å². The second-order valence-electron chi connectivity index (χ2n) is 6.45. The third-order valence-electron chi connectivity index (χ3n) is 5.12. The molecule has 0 aromatic carbocycles. The van der Waals surface area contributed by atoms with Crippen molar-refractivity contribution in [3.05, 3.63) is 0 Å². The van der Waals surface area contributed by atoms with Crippen molar-refractivity contribution in [2.45, 2.75) is 31.2 Å². The Morgan fingerprint density at radius 3 is 2.23 bits per heavy atom. The highest BCUT2D eigenvalue weighted by atomic mass is 16.2. The predicted octanol–water partition coefficient (Wildman–Crippen LogP) is -0.00782. The maximum absolute atomic E-state index is 12.4. The number of carbonyl (C=O) groups is 2. The minimum atomic E-state index is -0.766. The third-order valence-corrected chi connectivity index (χ3v) is 5.12. The number of hydrogen-bond donors (Lipinski definition) is 1. The fraction of sp³-hybridized carbons (Fsp3) is 0.800. The number of nitrogens with one attached hydrogen (secondary N) is 1. The van der Waals surface area contributed by atoms with Gasteiger partial charge in [0.25, 0.3) is 5.91 Å². The summed E-state index contributed by atoms with van der Waals surface area (Å²) < 4.78 is 0. The molecule has 7 heteroatoms. The molecule has 0 unspecified atom stereocenters. The topological polar surface area (TPSA) is 79.7 Å². The van der Waals surface area contributed by atoms with E-state index in [9.17, 15) is 9.59 Å². The first-order valence-corrected chi connectivity index (χ1v) is 8.10. The Labute approximate surface area is 130 Å². The maximum atomic E-state index is 12.4. The molecule has 3 aliphatic heterocycles. The van der Waals surface area contributed by atoms with Gasteiger partial charge in [-0.05, 0) is 38.8 Å². The second kappa shape index (κ2) is 6.23. The molecular formula is C15H23N5O2. The summed E-state index contributed by atoms with van der Waals surface area (Å²) in [5.74, 6) is -0.224. The van der Waals surface area contributed by atoms with Crippen LogP contribution in [0.15, 0.2) is 0 Å². The summed E-state index contributed by atoms with van der Waals surface area (Å²) in [5.41, 5.74) is -0.766. The first-order chi connectivity index (χ1) is 10.6.